The Hall–Kier alpha value is -1.16. The van der Waals surface area contributed by atoms with E-state index in [1.807, 2.05) is 0 Å². The van der Waals surface area contributed by atoms with E-state index in [9.17, 15) is 22.8 Å². The first-order valence-corrected chi connectivity index (χ1v) is 7.44. The van der Waals surface area contributed by atoms with Crippen molar-refractivity contribution in [3.63, 3.8) is 0 Å². The smallest absolute Gasteiger partial charge is 0.441 e. The molecule has 2 N–H and O–H groups in total. The number of carbonyl (C=O) groups excluding carboxylic acids is 1. The molecule has 0 saturated carbocycles. The molecule has 0 atom stereocenters. The summed E-state index contributed by atoms with van der Waals surface area (Å²) in [5.41, 5.74) is -4.29. The molecule has 1 aliphatic heterocycles. The van der Waals surface area contributed by atoms with E-state index in [0.29, 0.717) is 32.6 Å². The Morgan fingerprint density at radius 2 is 1.90 bits per heavy atom. The Morgan fingerprint density at radius 3 is 2.52 bits per heavy atom. The molecule has 1 aliphatic rings. The first kappa shape index (κ1) is 17.9. The van der Waals surface area contributed by atoms with Crippen molar-refractivity contribution in [1.29, 1.82) is 0 Å². The van der Waals surface area contributed by atoms with Crippen molar-refractivity contribution in [2.24, 2.45) is 0 Å². The summed E-state index contributed by atoms with van der Waals surface area (Å²) in [6, 6.07) is -0.407. The second-order valence-electron chi connectivity index (χ2n) is 4.54. The van der Waals surface area contributed by atoms with Gasteiger partial charge in [0.25, 0.3) is 0 Å². The lowest BCUT2D eigenvalue weighted by Gasteiger charge is -2.21. The van der Waals surface area contributed by atoms with Gasteiger partial charge in [0.05, 0.1) is 6.54 Å². The monoisotopic (exact) mass is 329 g/mol. The lowest BCUT2D eigenvalue weighted by Crippen LogP contribution is -2.43. The van der Waals surface area contributed by atoms with Crippen LogP contribution in [0.2, 0.25) is 0 Å². The van der Waals surface area contributed by atoms with Crippen molar-refractivity contribution >= 4 is 23.8 Å². The third-order valence-electron chi connectivity index (χ3n) is 2.88. The van der Waals surface area contributed by atoms with Gasteiger partial charge in [-0.3, -0.25) is 9.69 Å². The Balaban J connectivity index is 2.27. The Morgan fingerprint density at radius 1 is 1.19 bits per heavy atom. The summed E-state index contributed by atoms with van der Waals surface area (Å²) in [4.78, 5) is 25.6. The van der Waals surface area contributed by atoms with E-state index in [0.717, 1.165) is 0 Å². The Bertz CT molecular complexity index is 368. The fourth-order valence-electron chi connectivity index (χ4n) is 1.96. The van der Waals surface area contributed by atoms with Crippen LogP contribution in [0.15, 0.2) is 0 Å². The third-order valence-corrected chi connectivity index (χ3v) is 3.61. The number of carboxylic acid groups (broad SMARTS) is 1. The lowest BCUT2D eigenvalue weighted by atomic mass is 10.4. The molecule has 122 valence electrons. The molecule has 6 nitrogen and oxygen atoms in total. The van der Waals surface area contributed by atoms with Gasteiger partial charge in [0, 0.05) is 38.5 Å². The van der Waals surface area contributed by atoms with E-state index in [2.05, 4.69) is 5.32 Å². The highest BCUT2D eigenvalue weighted by molar-refractivity contribution is 8.00. The minimum Gasteiger partial charge on any atom is -0.480 e. The van der Waals surface area contributed by atoms with Crippen LogP contribution in [0.5, 0.6) is 0 Å². The molecule has 0 aromatic rings. The lowest BCUT2D eigenvalue weighted by molar-refractivity contribution is -0.138. The van der Waals surface area contributed by atoms with E-state index in [1.54, 1.807) is 4.90 Å². The van der Waals surface area contributed by atoms with Crippen molar-refractivity contribution in [1.82, 2.24) is 15.1 Å². The largest absolute Gasteiger partial charge is 0.480 e. The molecule has 1 rings (SSSR count). The maximum atomic E-state index is 11.9. The van der Waals surface area contributed by atoms with Gasteiger partial charge in [0.1, 0.15) is 0 Å². The van der Waals surface area contributed by atoms with Gasteiger partial charge in [-0.2, -0.15) is 13.2 Å². The van der Waals surface area contributed by atoms with Gasteiger partial charge in [-0.15, -0.1) is 0 Å². The molecule has 0 bridgehead atoms. The summed E-state index contributed by atoms with van der Waals surface area (Å²) in [5.74, 6) is -1.15. The highest BCUT2D eigenvalue weighted by Gasteiger charge is 2.27. The van der Waals surface area contributed by atoms with E-state index < -0.39 is 17.5 Å². The summed E-state index contributed by atoms with van der Waals surface area (Å²) < 4.78 is 35.8. The summed E-state index contributed by atoms with van der Waals surface area (Å²) in [5, 5.41) is 11.2. The predicted molar refractivity (Wildman–Crippen MR) is 72.2 cm³/mol. The quantitative estimate of drug-likeness (QED) is 0.738. The van der Waals surface area contributed by atoms with Crippen LogP contribution in [0.1, 0.15) is 6.42 Å². The number of amides is 2. The molecule has 0 spiro atoms. The minimum absolute atomic E-state index is 0.0572. The SMILES string of the molecule is O=C(O)CN1CCCN(C(=O)NCCSC(F)(F)F)CC1. The van der Waals surface area contributed by atoms with Gasteiger partial charge in [-0.05, 0) is 18.2 Å². The van der Waals surface area contributed by atoms with E-state index in [1.165, 1.54) is 4.90 Å². The summed E-state index contributed by atoms with van der Waals surface area (Å²) in [6.45, 7) is 1.73. The highest BCUT2D eigenvalue weighted by Crippen LogP contribution is 2.29. The number of urea groups is 1. The van der Waals surface area contributed by atoms with Gasteiger partial charge in [0.15, 0.2) is 0 Å². The summed E-state index contributed by atoms with van der Waals surface area (Å²) in [6.07, 6.45) is 0.637. The van der Waals surface area contributed by atoms with Crippen LogP contribution in [0, 0.1) is 0 Å². The van der Waals surface area contributed by atoms with Gasteiger partial charge >= 0.3 is 17.5 Å². The van der Waals surface area contributed by atoms with E-state index in [4.69, 9.17) is 5.11 Å². The molecule has 0 aromatic heterocycles. The maximum absolute atomic E-state index is 11.9. The number of nitrogens with one attached hydrogen (secondary N) is 1. The van der Waals surface area contributed by atoms with Crippen LogP contribution in [0.3, 0.4) is 0 Å². The number of hydrogen-bond acceptors (Lipinski definition) is 4. The molecule has 10 heteroatoms. The maximum Gasteiger partial charge on any atom is 0.441 e. The number of thioether (sulfide) groups is 1. The van der Waals surface area contributed by atoms with Crippen LogP contribution < -0.4 is 5.32 Å². The van der Waals surface area contributed by atoms with Crippen LogP contribution >= 0.6 is 11.8 Å². The molecule has 0 unspecified atom stereocenters. The standard InChI is InChI=1S/C11H18F3N3O3S/c12-11(13,14)21-7-2-15-10(20)17-4-1-3-16(5-6-17)8-9(18)19/h1-8H2,(H,15,20)(H,18,19). The molecule has 1 heterocycles. The topological polar surface area (TPSA) is 72.9 Å². The van der Waals surface area contributed by atoms with Gasteiger partial charge in [0.2, 0.25) is 0 Å². The number of rotatable bonds is 5. The second kappa shape index (κ2) is 8.32. The normalized spacial score (nSPS) is 17.4. The molecule has 0 aliphatic carbocycles. The van der Waals surface area contributed by atoms with Crippen LogP contribution in [0.25, 0.3) is 0 Å². The van der Waals surface area contributed by atoms with Gasteiger partial charge in [-0.1, -0.05) is 0 Å². The zero-order valence-electron chi connectivity index (χ0n) is 11.4. The van der Waals surface area contributed by atoms with Crippen LogP contribution in [0.4, 0.5) is 18.0 Å². The summed E-state index contributed by atoms with van der Waals surface area (Å²) in [7, 11) is 0. The second-order valence-corrected chi connectivity index (χ2v) is 5.70. The average molecular weight is 329 g/mol. The van der Waals surface area contributed by atoms with Crippen molar-refractivity contribution in [2.45, 2.75) is 11.9 Å². The van der Waals surface area contributed by atoms with Crippen molar-refractivity contribution < 1.29 is 27.9 Å². The fraction of sp³-hybridized carbons (Fsp3) is 0.818. The van der Waals surface area contributed by atoms with Crippen LogP contribution in [-0.2, 0) is 4.79 Å². The predicted octanol–water partition coefficient (Wildman–Crippen LogP) is 1.04. The first-order chi connectivity index (χ1) is 9.78. The molecule has 1 saturated heterocycles. The minimum atomic E-state index is -4.29. The number of carbonyl (C=O) groups is 2. The third kappa shape index (κ3) is 8.00. The van der Waals surface area contributed by atoms with Gasteiger partial charge < -0.3 is 15.3 Å². The fourth-order valence-corrected chi connectivity index (χ4v) is 2.40. The molecule has 0 radical (unpaired) electrons. The van der Waals surface area contributed by atoms with Crippen molar-refractivity contribution in [2.75, 3.05) is 45.0 Å². The zero-order chi connectivity index (χ0) is 15.9. The Labute approximate surface area is 124 Å². The number of alkyl halides is 3. The number of halogens is 3. The van der Waals surface area contributed by atoms with E-state index in [-0.39, 0.29) is 30.6 Å². The van der Waals surface area contributed by atoms with E-state index >= 15 is 0 Å². The van der Waals surface area contributed by atoms with Crippen molar-refractivity contribution in [3.05, 3.63) is 0 Å². The molecule has 2 amide bonds. The van der Waals surface area contributed by atoms with Crippen LogP contribution in [-0.4, -0.2) is 77.4 Å². The average Bonchev–Trinajstić information content (AvgIpc) is 2.58. The molecule has 0 aromatic carbocycles. The first-order valence-electron chi connectivity index (χ1n) is 6.45. The number of carboxylic acids is 1. The number of nitrogens with zero attached hydrogens (tertiary/aromatic N) is 2. The van der Waals surface area contributed by atoms with Gasteiger partial charge in [-0.25, -0.2) is 4.79 Å². The highest BCUT2D eigenvalue weighted by atomic mass is 32.2. The molecular formula is C11H18F3N3O3S. The zero-order valence-corrected chi connectivity index (χ0v) is 12.2. The van der Waals surface area contributed by atoms with Crippen molar-refractivity contribution in [3.8, 4) is 0 Å². The Kier molecular flexibility index (Phi) is 7.09. The number of aliphatic carboxylic acids is 1. The molecule has 1 fully saturated rings. The molecule has 21 heavy (non-hydrogen) atoms. The molecular weight excluding hydrogens is 311 g/mol. The number of hydrogen-bond donors (Lipinski definition) is 2. The summed E-state index contributed by atoms with van der Waals surface area (Å²) >= 11 is -0.173.